The number of fused-ring (bicyclic) bond motifs is 1. The third-order valence-electron chi connectivity index (χ3n) is 3.36. The lowest BCUT2D eigenvalue weighted by molar-refractivity contribution is 0.282. The molecule has 5 heteroatoms. The highest BCUT2D eigenvalue weighted by Crippen LogP contribution is 2.32. The number of ether oxygens (including phenoxy) is 2. The zero-order valence-electron chi connectivity index (χ0n) is 12.4. The van der Waals surface area contributed by atoms with Crippen LogP contribution in [0.1, 0.15) is 32.6 Å². The van der Waals surface area contributed by atoms with Gasteiger partial charge in [0.1, 0.15) is 5.75 Å². The number of methoxy groups -OCH3 is 1. The minimum absolute atomic E-state index is 0.0911. The standard InChI is InChI=1S/C16H21NO4/c1-3-4-5-6-9-21-15-14(20-2)12-8-7-11(18)10-13(12)17-16(15)19/h7-8,10,18H,3-6,9H2,1-2H3,(H,17,19). The molecule has 0 saturated heterocycles. The van der Waals surface area contributed by atoms with Gasteiger partial charge in [-0.25, -0.2) is 0 Å². The third kappa shape index (κ3) is 3.48. The van der Waals surface area contributed by atoms with E-state index in [1.54, 1.807) is 12.1 Å². The van der Waals surface area contributed by atoms with E-state index in [9.17, 15) is 9.90 Å². The Kier molecular flexibility index (Phi) is 5.09. The van der Waals surface area contributed by atoms with Gasteiger partial charge in [0, 0.05) is 11.5 Å². The summed E-state index contributed by atoms with van der Waals surface area (Å²) in [6.45, 7) is 2.64. The molecule has 0 aliphatic carbocycles. The van der Waals surface area contributed by atoms with Crippen molar-refractivity contribution in [2.45, 2.75) is 32.6 Å². The van der Waals surface area contributed by atoms with Crippen LogP contribution in [0.25, 0.3) is 10.9 Å². The first-order valence-corrected chi connectivity index (χ1v) is 7.23. The maximum Gasteiger partial charge on any atom is 0.294 e. The van der Waals surface area contributed by atoms with Crippen molar-refractivity contribution >= 4 is 10.9 Å². The predicted octanol–water partition coefficient (Wildman–Crippen LogP) is 3.20. The SMILES string of the molecule is CCCCCCOc1c(OC)c2ccc(O)cc2[nH]c1=O. The molecule has 0 radical (unpaired) electrons. The van der Waals surface area contributed by atoms with E-state index >= 15 is 0 Å². The minimum Gasteiger partial charge on any atom is -0.508 e. The number of phenolic OH excluding ortho intramolecular Hbond substituents is 1. The summed E-state index contributed by atoms with van der Waals surface area (Å²) in [6, 6.07) is 4.74. The molecule has 0 aliphatic heterocycles. The molecule has 2 aromatic rings. The largest absolute Gasteiger partial charge is 0.508 e. The van der Waals surface area contributed by atoms with Crippen molar-refractivity contribution in [2.24, 2.45) is 0 Å². The fourth-order valence-electron chi connectivity index (χ4n) is 2.27. The Morgan fingerprint density at radius 2 is 2.00 bits per heavy atom. The van der Waals surface area contributed by atoms with Crippen LogP contribution in [0.15, 0.2) is 23.0 Å². The first kappa shape index (κ1) is 15.2. The van der Waals surface area contributed by atoms with Gasteiger partial charge >= 0.3 is 0 Å². The summed E-state index contributed by atoms with van der Waals surface area (Å²) in [5.41, 5.74) is 0.177. The van der Waals surface area contributed by atoms with E-state index in [0.29, 0.717) is 23.3 Å². The molecule has 0 saturated carbocycles. The molecule has 21 heavy (non-hydrogen) atoms. The Bertz CT molecular complexity index is 663. The van der Waals surface area contributed by atoms with E-state index in [-0.39, 0.29) is 17.1 Å². The molecule has 0 atom stereocenters. The van der Waals surface area contributed by atoms with Crippen molar-refractivity contribution < 1.29 is 14.6 Å². The van der Waals surface area contributed by atoms with Gasteiger partial charge in [-0.05, 0) is 18.6 Å². The number of aromatic nitrogens is 1. The number of rotatable bonds is 7. The van der Waals surface area contributed by atoms with Gasteiger partial charge in [0.15, 0.2) is 5.75 Å². The predicted molar refractivity (Wildman–Crippen MR) is 82.4 cm³/mol. The number of nitrogens with one attached hydrogen (secondary N) is 1. The molecule has 0 bridgehead atoms. The van der Waals surface area contributed by atoms with E-state index in [1.807, 2.05) is 0 Å². The van der Waals surface area contributed by atoms with Gasteiger partial charge in [-0.3, -0.25) is 4.79 Å². The molecule has 0 spiro atoms. The Labute approximate surface area is 123 Å². The summed E-state index contributed by atoms with van der Waals surface area (Å²) in [7, 11) is 1.50. The van der Waals surface area contributed by atoms with Gasteiger partial charge in [-0.15, -0.1) is 0 Å². The molecule has 5 nitrogen and oxygen atoms in total. The first-order valence-electron chi connectivity index (χ1n) is 7.23. The molecule has 2 rings (SSSR count). The lowest BCUT2D eigenvalue weighted by atomic mass is 10.2. The fourth-order valence-corrected chi connectivity index (χ4v) is 2.27. The average molecular weight is 291 g/mol. The number of hydrogen-bond acceptors (Lipinski definition) is 4. The number of benzene rings is 1. The van der Waals surface area contributed by atoms with Crippen molar-refractivity contribution in [1.29, 1.82) is 0 Å². The smallest absolute Gasteiger partial charge is 0.294 e. The molecule has 114 valence electrons. The van der Waals surface area contributed by atoms with Crippen molar-refractivity contribution in [1.82, 2.24) is 4.98 Å². The number of phenols is 1. The van der Waals surface area contributed by atoms with Gasteiger partial charge in [0.2, 0.25) is 5.75 Å². The van der Waals surface area contributed by atoms with E-state index in [0.717, 1.165) is 25.7 Å². The molecule has 1 aromatic heterocycles. The maximum absolute atomic E-state index is 12.1. The molecule has 0 unspecified atom stereocenters. The normalized spacial score (nSPS) is 10.8. The molecule has 0 fully saturated rings. The van der Waals surface area contributed by atoms with Crippen LogP contribution in [0.4, 0.5) is 0 Å². The maximum atomic E-state index is 12.1. The van der Waals surface area contributed by atoms with Crippen LogP contribution in [0.2, 0.25) is 0 Å². The summed E-state index contributed by atoms with van der Waals surface area (Å²) in [5.74, 6) is 0.699. The van der Waals surface area contributed by atoms with Gasteiger partial charge in [-0.2, -0.15) is 0 Å². The summed E-state index contributed by atoms with van der Waals surface area (Å²) in [6.07, 6.45) is 4.31. The molecule has 0 aliphatic rings. The average Bonchev–Trinajstić information content (AvgIpc) is 2.47. The number of H-pyrrole nitrogens is 1. The van der Waals surface area contributed by atoms with Gasteiger partial charge < -0.3 is 19.6 Å². The highest BCUT2D eigenvalue weighted by Gasteiger charge is 2.15. The van der Waals surface area contributed by atoms with Crippen LogP contribution >= 0.6 is 0 Å². The topological polar surface area (TPSA) is 71.5 Å². The highest BCUT2D eigenvalue weighted by molar-refractivity contribution is 5.88. The lowest BCUT2D eigenvalue weighted by Crippen LogP contribution is -2.13. The molecule has 0 amide bonds. The van der Waals surface area contributed by atoms with Crippen LogP contribution in [-0.2, 0) is 0 Å². The Morgan fingerprint density at radius 1 is 1.19 bits per heavy atom. The van der Waals surface area contributed by atoms with E-state index < -0.39 is 0 Å². The second-order valence-corrected chi connectivity index (χ2v) is 4.96. The van der Waals surface area contributed by atoms with Crippen LogP contribution < -0.4 is 15.0 Å². The van der Waals surface area contributed by atoms with Crippen molar-refractivity contribution in [3.63, 3.8) is 0 Å². The van der Waals surface area contributed by atoms with Crippen molar-refractivity contribution in [2.75, 3.05) is 13.7 Å². The second kappa shape index (κ2) is 7.02. The Balaban J connectivity index is 2.28. The van der Waals surface area contributed by atoms with E-state index in [4.69, 9.17) is 9.47 Å². The summed E-state index contributed by atoms with van der Waals surface area (Å²) in [4.78, 5) is 14.8. The summed E-state index contributed by atoms with van der Waals surface area (Å²) < 4.78 is 10.9. The summed E-state index contributed by atoms with van der Waals surface area (Å²) in [5, 5.41) is 10.2. The van der Waals surface area contributed by atoms with E-state index in [2.05, 4.69) is 11.9 Å². The third-order valence-corrected chi connectivity index (χ3v) is 3.36. The van der Waals surface area contributed by atoms with Crippen LogP contribution in [0.3, 0.4) is 0 Å². The van der Waals surface area contributed by atoms with Gasteiger partial charge in [0.25, 0.3) is 5.56 Å². The lowest BCUT2D eigenvalue weighted by Gasteiger charge is -2.12. The number of unbranched alkanes of at least 4 members (excludes halogenated alkanes) is 3. The quantitative estimate of drug-likeness (QED) is 0.768. The Morgan fingerprint density at radius 3 is 2.71 bits per heavy atom. The zero-order valence-corrected chi connectivity index (χ0v) is 12.4. The number of aromatic amines is 1. The molecule has 1 aromatic carbocycles. The molecule has 2 N–H and O–H groups in total. The van der Waals surface area contributed by atoms with Gasteiger partial charge in [0.05, 0.1) is 19.2 Å². The van der Waals surface area contributed by atoms with Crippen molar-refractivity contribution in [3.05, 3.63) is 28.6 Å². The first-order chi connectivity index (χ1) is 10.2. The zero-order chi connectivity index (χ0) is 15.2. The number of hydrogen-bond donors (Lipinski definition) is 2. The van der Waals surface area contributed by atoms with Crippen LogP contribution in [0, 0.1) is 0 Å². The molecular formula is C16H21NO4. The van der Waals surface area contributed by atoms with Crippen LogP contribution in [0.5, 0.6) is 17.2 Å². The van der Waals surface area contributed by atoms with Gasteiger partial charge in [-0.1, -0.05) is 26.2 Å². The summed E-state index contributed by atoms with van der Waals surface area (Å²) >= 11 is 0. The van der Waals surface area contributed by atoms with E-state index in [1.165, 1.54) is 13.2 Å². The van der Waals surface area contributed by atoms with Crippen molar-refractivity contribution in [3.8, 4) is 17.2 Å². The molecule has 1 heterocycles. The van der Waals surface area contributed by atoms with Crippen LogP contribution in [-0.4, -0.2) is 23.8 Å². The fraction of sp³-hybridized carbons (Fsp3) is 0.438. The number of aromatic hydroxyl groups is 1. The number of pyridine rings is 1. The second-order valence-electron chi connectivity index (χ2n) is 4.96. The minimum atomic E-state index is -0.347. The Hall–Kier alpha value is -2.17. The molecular weight excluding hydrogens is 270 g/mol. The monoisotopic (exact) mass is 291 g/mol. The highest BCUT2D eigenvalue weighted by atomic mass is 16.5.